The number of carbonyl (C=O) groups is 1. The van der Waals surface area contributed by atoms with Crippen LogP contribution in [0.1, 0.15) is 36.0 Å². The van der Waals surface area contributed by atoms with Crippen molar-refractivity contribution < 1.29 is 9.18 Å². The fourth-order valence-corrected chi connectivity index (χ4v) is 2.49. The third kappa shape index (κ3) is 2.08. The third-order valence-electron chi connectivity index (χ3n) is 3.66. The van der Waals surface area contributed by atoms with E-state index in [4.69, 9.17) is 0 Å². The standard InChI is InChI=1S/C14H15FN2O/c1-17(14(10-16)7-2-3-8-14)13(18)11-5-4-6-12(15)9-11/h4-6,9H,2-3,7-8H2,1H3. The van der Waals surface area contributed by atoms with Gasteiger partial charge in [-0.3, -0.25) is 4.79 Å². The van der Waals surface area contributed by atoms with Crippen LogP contribution in [0.5, 0.6) is 0 Å². The number of amides is 1. The topological polar surface area (TPSA) is 44.1 Å². The smallest absolute Gasteiger partial charge is 0.254 e. The maximum absolute atomic E-state index is 13.1. The molecule has 0 aromatic heterocycles. The molecule has 1 saturated carbocycles. The molecule has 1 aliphatic rings. The van der Waals surface area contributed by atoms with E-state index in [2.05, 4.69) is 6.07 Å². The molecule has 4 heteroatoms. The third-order valence-corrected chi connectivity index (χ3v) is 3.66. The van der Waals surface area contributed by atoms with Crippen molar-refractivity contribution in [2.24, 2.45) is 0 Å². The predicted octanol–water partition coefficient (Wildman–Crippen LogP) is 2.73. The minimum Gasteiger partial charge on any atom is -0.323 e. The predicted molar refractivity (Wildman–Crippen MR) is 65.3 cm³/mol. The van der Waals surface area contributed by atoms with Crippen LogP contribution < -0.4 is 0 Å². The van der Waals surface area contributed by atoms with E-state index in [-0.39, 0.29) is 5.91 Å². The molecule has 2 rings (SSSR count). The molecule has 0 spiro atoms. The summed E-state index contributed by atoms with van der Waals surface area (Å²) >= 11 is 0. The lowest BCUT2D eigenvalue weighted by atomic mass is 9.96. The van der Waals surface area contributed by atoms with Gasteiger partial charge >= 0.3 is 0 Å². The first-order chi connectivity index (χ1) is 8.59. The number of benzene rings is 1. The molecule has 0 aliphatic heterocycles. The molecule has 3 nitrogen and oxygen atoms in total. The first-order valence-corrected chi connectivity index (χ1v) is 6.04. The number of carbonyl (C=O) groups excluding carboxylic acids is 1. The molecular weight excluding hydrogens is 231 g/mol. The van der Waals surface area contributed by atoms with E-state index in [1.807, 2.05) is 0 Å². The molecule has 0 saturated heterocycles. The van der Waals surface area contributed by atoms with Crippen LogP contribution in [0.15, 0.2) is 24.3 Å². The van der Waals surface area contributed by atoms with E-state index in [1.54, 1.807) is 13.1 Å². The largest absolute Gasteiger partial charge is 0.323 e. The molecule has 0 atom stereocenters. The van der Waals surface area contributed by atoms with Crippen LogP contribution >= 0.6 is 0 Å². The van der Waals surface area contributed by atoms with E-state index >= 15 is 0 Å². The van der Waals surface area contributed by atoms with Crippen molar-refractivity contribution in [1.82, 2.24) is 4.90 Å². The number of hydrogen-bond donors (Lipinski definition) is 0. The van der Waals surface area contributed by atoms with Gasteiger partial charge in [0, 0.05) is 12.6 Å². The molecule has 0 heterocycles. The van der Waals surface area contributed by atoms with Crippen molar-refractivity contribution in [2.75, 3.05) is 7.05 Å². The molecule has 94 valence electrons. The van der Waals surface area contributed by atoms with Gasteiger partial charge in [0.15, 0.2) is 0 Å². The molecule has 0 radical (unpaired) electrons. The lowest BCUT2D eigenvalue weighted by Crippen LogP contribution is -2.46. The molecule has 1 aliphatic carbocycles. The van der Waals surface area contributed by atoms with Crippen LogP contribution in [0.2, 0.25) is 0 Å². The van der Waals surface area contributed by atoms with Gasteiger partial charge < -0.3 is 4.90 Å². The minimum absolute atomic E-state index is 0.291. The van der Waals surface area contributed by atoms with Crippen LogP contribution in [-0.2, 0) is 0 Å². The Bertz CT molecular complexity index is 501. The van der Waals surface area contributed by atoms with Crippen molar-refractivity contribution >= 4 is 5.91 Å². The summed E-state index contributed by atoms with van der Waals surface area (Å²) in [7, 11) is 1.63. The van der Waals surface area contributed by atoms with Gasteiger partial charge in [-0.2, -0.15) is 5.26 Å². The normalized spacial score (nSPS) is 17.2. The lowest BCUT2D eigenvalue weighted by molar-refractivity contribution is 0.0662. The average molecular weight is 246 g/mol. The molecular formula is C14H15FN2O. The van der Waals surface area contributed by atoms with Crippen LogP contribution in [0.3, 0.4) is 0 Å². The highest BCUT2D eigenvalue weighted by atomic mass is 19.1. The van der Waals surface area contributed by atoms with Crippen molar-refractivity contribution in [1.29, 1.82) is 5.26 Å². The Hall–Kier alpha value is -1.89. The number of nitriles is 1. The van der Waals surface area contributed by atoms with Crippen LogP contribution in [-0.4, -0.2) is 23.4 Å². The Morgan fingerprint density at radius 3 is 2.67 bits per heavy atom. The van der Waals surface area contributed by atoms with E-state index in [0.29, 0.717) is 18.4 Å². The van der Waals surface area contributed by atoms with E-state index in [1.165, 1.54) is 23.1 Å². The van der Waals surface area contributed by atoms with E-state index < -0.39 is 11.4 Å². The van der Waals surface area contributed by atoms with E-state index in [0.717, 1.165) is 12.8 Å². The summed E-state index contributed by atoms with van der Waals surface area (Å²) in [5, 5.41) is 9.32. The summed E-state index contributed by atoms with van der Waals surface area (Å²) < 4.78 is 13.1. The second kappa shape index (κ2) is 4.77. The highest BCUT2D eigenvalue weighted by Crippen LogP contribution is 2.34. The number of nitrogens with zero attached hydrogens (tertiary/aromatic N) is 2. The molecule has 1 aromatic carbocycles. The zero-order chi connectivity index (χ0) is 13.2. The summed E-state index contributed by atoms with van der Waals surface area (Å²) in [5.41, 5.74) is -0.428. The Kier molecular flexibility index (Phi) is 3.33. The van der Waals surface area contributed by atoms with Gasteiger partial charge in [0.1, 0.15) is 11.4 Å². The zero-order valence-corrected chi connectivity index (χ0v) is 10.3. The minimum atomic E-state index is -0.719. The lowest BCUT2D eigenvalue weighted by Gasteiger charge is -2.32. The van der Waals surface area contributed by atoms with Gasteiger partial charge in [-0.05, 0) is 43.9 Å². The van der Waals surface area contributed by atoms with Crippen molar-refractivity contribution in [3.63, 3.8) is 0 Å². The molecule has 0 unspecified atom stereocenters. The van der Waals surface area contributed by atoms with Gasteiger partial charge in [0.05, 0.1) is 6.07 Å². The fraction of sp³-hybridized carbons (Fsp3) is 0.429. The highest BCUT2D eigenvalue weighted by molar-refractivity contribution is 5.94. The Morgan fingerprint density at radius 2 is 2.11 bits per heavy atom. The SMILES string of the molecule is CN(C(=O)c1cccc(F)c1)C1(C#N)CCCC1. The maximum Gasteiger partial charge on any atom is 0.254 e. The van der Waals surface area contributed by atoms with Crippen LogP contribution in [0.4, 0.5) is 4.39 Å². The maximum atomic E-state index is 13.1. The van der Waals surface area contributed by atoms with Crippen molar-refractivity contribution in [2.45, 2.75) is 31.2 Å². The first-order valence-electron chi connectivity index (χ1n) is 6.04. The number of halogens is 1. The number of hydrogen-bond acceptors (Lipinski definition) is 2. The van der Waals surface area contributed by atoms with Crippen LogP contribution in [0.25, 0.3) is 0 Å². The molecule has 1 fully saturated rings. The summed E-state index contributed by atoms with van der Waals surface area (Å²) in [6, 6.07) is 7.83. The van der Waals surface area contributed by atoms with Gasteiger partial charge in [-0.15, -0.1) is 0 Å². The fourth-order valence-electron chi connectivity index (χ4n) is 2.49. The highest BCUT2D eigenvalue weighted by Gasteiger charge is 2.40. The Morgan fingerprint density at radius 1 is 1.44 bits per heavy atom. The second-order valence-electron chi connectivity index (χ2n) is 4.73. The van der Waals surface area contributed by atoms with Gasteiger partial charge in [-0.25, -0.2) is 4.39 Å². The molecule has 1 aromatic rings. The van der Waals surface area contributed by atoms with Crippen LogP contribution in [0, 0.1) is 17.1 Å². The van der Waals surface area contributed by atoms with Crippen molar-refractivity contribution in [3.05, 3.63) is 35.6 Å². The summed E-state index contributed by atoms with van der Waals surface area (Å²) in [5.74, 6) is -0.732. The van der Waals surface area contributed by atoms with E-state index in [9.17, 15) is 14.4 Å². The molecule has 1 amide bonds. The van der Waals surface area contributed by atoms with Gasteiger partial charge in [0.2, 0.25) is 0 Å². The monoisotopic (exact) mass is 246 g/mol. The zero-order valence-electron chi connectivity index (χ0n) is 10.3. The van der Waals surface area contributed by atoms with Gasteiger partial charge in [-0.1, -0.05) is 6.07 Å². The van der Waals surface area contributed by atoms with Crippen molar-refractivity contribution in [3.8, 4) is 6.07 Å². The summed E-state index contributed by atoms with van der Waals surface area (Å²) in [4.78, 5) is 13.7. The van der Waals surface area contributed by atoms with Gasteiger partial charge in [0.25, 0.3) is 5.91 Å². The number of rotatable bonds is 2. The Labute approximate surface area is 106 Å². The summed E-state index contributed by atoms with van der Waals surface area (Å²) in [6.07, 6.45) is 3.30. The second-order valence-corrected chi connectivity index (χ2v) is 4.73. The Balaban J connectivity index is 2.26. The molecule has 0 N–H and O–H groups in total. The quantitative estimate of drug-likeness (QED) is 0.805. The summed E-state index contributed by atoms with van der Waals surface area (Å²) in [6.45, 7) is 0. The molecule has 0 bridgehead atoms. The first kappa shape index (κ1) is 12.6. The molecule has 18 heavy (non-hydrogen) atoms. The average Bonchev–Trinajstić information content (AvgIpc) is 2.87.